The smallest absolute Gasteiger partial charge is 0.238 e. The van der Waals surface area contributed by atoms with E-state index < -0.39 is 5.25 Å². The van der Waals surface area contributed by atoms with Crippen molar-refractivity contribution < 1.29 is 9.53 Å². The molecule has 1 aromatic carbocycles. The molecule has 2 aromatic heterocycles. The molecule has 2 heterocycles. The van der Waals surface area contributed by atoms with E-state index in [2.05, 4.69) is 34.5 Å². The van der Waals surface area contributed by atoms with Crippen LogP contribution in [0.25, 0.3) is 11.4 Å². The van der Waals surface area contributed by atoms with Gasteiger partial charge in [-0.1, -0.05) is 18.7 Å². The molecule has 3 aromatic rings. The minimum Gasteiger partial charge on any atom is -0.497 e. The first-order valence-corrected chi connectivity index (χ1v) is 10.2. The molecule has 1 amide bonds. The highest BCUT2D eigenvalue weighted by atomic mass is 32.2. The van der Waals surface area contributed by atoms with Crippen molar-refractivity contribution >= 4 is 23.5 Å². The fraction of sp³-hybridized carbons (Fsp3) is 0.368. The van der Waals surface area contributed by atoms with Crippen LogP contribution in [0.5, 0.6) is 5.75 Å². The summed E-state index contributed by atoms with van der Waals surface area (Å²) in [5, 5.41) is 15.5. The van der Waals surface area contributed by atoms with Crippen LogP contribution in [0.1, 0.15) is 33.2 Å². The quantitative estimate of drug-likeness (QED) is 0.429. The lowest BCUT2D eigenvalue weighted by Gasteiger charge is -2.16. The lowest BCUT2D eigenvalue weighted by molar-refractivity contribution is -0.115. The SMILES string of the molecule is CC[C@H](C)n1nccc1NC(=O)[C@H](C)Sc1nnc(-c2ccc(OC)cc2)n1N. The van der Waals surface area contributed by atoms with E-state index in [0.717, 1.165) is 17.7 Å². The van der Waals surface area contributed by atoms with Crippen molar-refractivity contribution in [3.8, 4) is 17.1 Å². The van der Waals surface area contributed by atoms with Crippen molar-refractivity contribution in [3.05, 3.63) is 36.5 Å². The van der Waals surface area contributed by atoms with E-state index in [1.165, 1.54) is 16.4 Å². The zero-order chi connectivity index (χ0) is 21.0. The van der Waals surface area contributed by atoms with Crippen LogP contribution >= 0.6 is 11.8 Å². The van der Waals surface area contributed by atoms with Gasteiger partial charge in [-0.3, -0.25) is 4.79 Å². The third-order valence-electron chi connectivity index (χ3n) is 4.59. The molecule has 0 aliphatic heterocycles. The number of methoxy groups -OCH3 is 1. The highest BCUT2D eigenvalue weighted by Crippen LogP contribution is 2.27. The van der Waals surface area contributed by atoms with E-state index in [9.17, 15) is 4.79 Å². The van der Waals surface area contributed by atoms with E-state index in [1.807, 2.05) is 28.9 Å². The number of amides is 1. The summed E-state index contributed by atoms with van der Waals surface area (Å²) in [5.41, 5.74) is 0.808. The largest absolute Gasteiger partial charge is 0.497 e. The van der Waals surface area contributed by atoms with E-state index in [-0.39, 0.29) is 11.9 Å². The molecule has 0 saturated heterocycles. The van der Waals surface area contributed by atoms with Crippen molar-refractivity contribution in [2.45, 2.75) is 43.6 Å². The Labute approximate surface area is 173 Å². The molecule has 29 heavy (non-hydrogen) atoms. The first-order chi connectivity index (χ1) is 13.9. The molecule has 0 spiro atoms. The summed E-state index contributed by atoms with van der Waals surface area (Å²) in [4.78, 5) is 12.7. The molecule has 0 bridgehead atoms. The maximum absolute atomic E-state index is 12.7. The number of rotatable bonds is 8. The Hall–Kier alpha value is -3.01. The zero-order valence-corrected chi connectivity index (χ0v) is 17.7. The lowest BCUT2D eigenvalue weighted by atomic mass is 10.2. The Kier molecular flexibility index (Phi) is 6.42. The number of carbonyl (C=O) groups is 1. The maximum atomic E-state index is 12.7. The Morgan fingerprint density at radius 3 is 2.62 bits per heavy atom. The average Bonchev–Trinajstić information content (AvgIpc) is 3.34. The number of thioether (sulfide) groups is 1. The summed E-state index contributed by atoms with van der Waals surface area (Å²) < 4.78 is 8.36. The fourth-order valence-electron chi connectivity index (χ4n) is 2.67. The van der Waals surface area contributed by atoms with Crippen LogP contribution in [0.15, 0.2) is 41.7 Å². The van der Waals surface area contributed by atoms with Gasteiger partial charge in [0.25, 0.3) is 0 Å². The van der Waals surface area contributed by atoms with Gasteiger partial charge in [0.05, 0.1) is 24.6 Å². The predicted molar refractivity (Wildman–Crippen MR) is 113 cm³/mol. The van der Waals surface area contributed by atoms with Crippen LogP contribution in [-0.2, 0) is 4.79 Å². The predicted octanol–water partition coefficient (Wildman–Crippen LogP) is 2.95. The number of benzene rings is 1. The Morgan fingerprint density at radius 2 is 1.97 bits per heavy atom. The number of nitrogens with two attached hydrogens (primary N) is 1. The summed E-state index contributed by atoms with van der Waals surface area (Å²) in [6.07, 6.45) is 2.59. The minimum atomic E-state index is -0.425. The van der Waals surface area contributed by atoms with Crippen LogP contribution in [-0.4, -0.2) is 42.9 Å². The van der Waals surface area contributed by atoms with Crippen LogP contribution in [0.2, 0.25) is 0 Å². The summed E-state index contributed by atoms with van der Waals surface area (Å²) in [6, 6.07) is 9.34. The molecule has 154 valence electrons. The van der Waals surface area contributed by atoms with Crippen molar-refractivity contribution in [1.29, 1.82) is 0 Å². The highest BCUT2D eigenvalue weighted by Gasteiger charge is 2.21. The molecule has 0 aliphatic carbocycles. The monoisotopic (exact) mass is 415 g/mol. The Morgan fingerprint density at radius 1 is 1.24 bits per heavy atom. The van der Waals surface area contributed by atoms with Gasteiger partial charge in [-0.05, 0) is 44.5 Å². The van der Waals surface area contributed by atoms with Gasteiger partial charge in [0.2, 0.25) is 11.1 Å². The van der Waals surface area contributed by atoms with Crippen molar-refractivity contribution in [1.82, 2.24) is 24.7 Å². The number of hydrogen-bond acceptors (Lipinski definition) is 7. The second-order valence-corrected chi connectivity index (χ2v) is 7.88. The van der Waals surface area contributed by atoms with Crippen LogP contribution in [0, 0.1) is 0 Å². The number of anilines is 1. The number of hydrogen-bond donors (Lipinski definition) is 2. The summed E-state index contributed by atoms with van der Waals surface area (Å²) in [5.74, 6) is 7.93. The Balaban J connectivity index is 1.69. The average molecular weight is 416 g/mol. The van der Waals surface area contributed by atoms with Gasteiger partial charge < -0.3 is 15.9 Å². The van der Waals surface area contributed by atoms with Crippen molar-refractivity contribution in [2.24, 2.45) is 0 Å². The molecule has 3 N–H and O–H groups in total. The molecule has 0 unspecified atom stereocenters. The molecule has 2 atom stereocenters. The molecule has 0 radical (unpaired) electrons. The molecule has 0 aliphatic rings. The first-order valence-electron chi connectivity index (χ1n) is 9.30. The van der Waals surface area contributed by atoms with Crippen LogP contribution in [0.4, 0.5) is 5.82 Å². The summed E-state index contributed by atoms with van der Waals surface area (Å²) in [6.45, 7) is 5.93. The van der Waals surface area contributed by atoms with Crippen molar-refractivity contribution in [3.63, 3.8) is 0 Å². The number of nitrogens with zero attached hydrogens (tertiary/aromatic N) is 5. The van der Waals surface area contributed by atoms with Gasteiger partial charge in [-0.25, -0.2) is 9.36 Å². The highest BCUT2D eigenvalue weighted by molar-refractivity contribution is 8.00. The van der Waals surface area contributed by atoms with E-state index in [4.69, 9.17) is 10.6 Å². The number of carbonyl (C=O) groups excluding carboxylic acids is 1. The van der Waals surface area contributed by atoms with Gasteiger partial charge in [0, 0.05) is 11.6 Å². The molecule has 3 rings (SSSR count). The third kappa shape index (κ3) is 4.53. The second-order valence-electron chi connectivity index (χ2n) is 6.57. The standard InChI is InChI=1S/C19H25N7O2S/c1-5-12(2)26-16(10-11-21-26)22-18(27)13(3)29-19-24-23-17(25(19)20)14-6-8-15(28-4)9-7-14/h6-13H,5,20H2,1-4H3,(H,22,27)/t12-,13-/m0/s1. The number of nitrogens with one attached hydrogen (secondary N) is 1. The number of nitrogen functional groups attached to an aromatic ring is 1. The molecule has 9 nitrogen and oxygen atoms in total. The molecule has 10 heteroatoms. The molecular weight excluding hydrogens is 390 g/mol. The second kappa shape index (κ2) is 8.99. The van der Waals surface area contributed by atoms with E-state index >= 15 is 0 Å². The fourth-order valence-corrected chi connectivity index (χ4v) is 3.44. The molecule has 0 fully saturated rings. The Bertz CT molecular complexity index is 967. The van der Waals surface area contributed by atoms with Crippen LogP contribution < -0.4 is 15.9 Å². The third-order valence-corrected chi connectivity index (χ3v) is 5.65. The van der Waals surface area contributed by atoms with Gasteiger partial charge in [0.1, 0.15) is 11.6 Å². The molecular formula is C19H25N7O2S. The minimum absolute atomic E-state index is 0.158. The van der Waals surface area contributed by atoms with Gasteiger partial charge >= 0.3 is 0 Å². The zero-order valence-electron chi connectivity index (χ0n) is 16.9. The molecule has 0 saturated carbocycles. The number of aromatic nitrogens is 5. The summed E-state index contributed by atoms with van der Waals surface area (Å²) >= 11 is 1.24. The van der Waals surface area contributed by atoms with Gasteiger partial charge in [-0.15, -0.1) is 10.2 Å². The number of ether oxygens (including phenoxy) is 1. The normalized spacial score (nSPS) is 13.1. The van der Waals surface area contributed by atoms with E-state index in [0.29, 0.717) is 16.8 Å². The van der Waals surface area contributed by atoms with Crippen LogP contribution in [0.3, 0.4) is 0 Å². The summed E-state index contributed by atoms with van der Waals surface area (Å²) in [7, 11) is 1.61. The van der Waals surface area contributed by atoms with E-state index in [1.54, 1.807) is 26.3 Å². The first kappa shape index (κ1) is 20.7. The van der Waals surface area contributed by atoms with Gasteiger partial charge in [-0.2, -0.15) is 5.10 Å². The maximum Gasteiger partial charge on any atom is 0.238 e. The lowest BCUT2D eigenvalue weighted by Crippen LogP contribution is -2.25. The van der Waals surface area contributed by atoms with Gasteiger partial charge in [0.15, 0.2) is 5.82 Å². The topological polar surface area (TPSA) is 113 Å². The van der Waals surface area contributed by atoms with Crippen molar-refractivity contribution in [2.75, 3.05) is 18.3 Å².